The van der Waals surface area contributed by atoms with Crippen LogP contribution in [-0.4, -0.2) is 18.5 Å². The predicted octanol–water partition coefficient (Wildman–Crippen LogP) is 3.20. The first kappa shape index (κ1) is 14.8. The molecule has 5 heteroatoms. The van der Waals surface area contributed by atoms with Crippen molar-refractivity contribution < 1.29 is 9.18 Å². The molecular weight excluding hydrogens is 255 g/mol. The Morgan fingerprint density at radius 3 is 2.61 bits per heavy atom. The molecule has 0 unspecified atom stereocenters. The molecule has 0 aliphatic carbocycles. The molecule has 3 nitrogen and oxygen atoms in total. The first-order valence-corrected chi connectivity index (χ1v) is 6.42. The van der Waals surface area contributed by atoms with Gasteiger partial charge >= 0.3 is 0 Å². The van der Waals surface area contributed by atoms with Gasteiger partial charge in [-0.3, -0.25) is 4.79 Å². The lowest BCUT2D eigenvalue weighted by Crippen LogP contribution is -2.37. The normalized spacial score (nSPS) is 10.5. The number of anilines is 1. The maximum atomic E-state index is 13.4. The molecular formula is C13H18ClFN2O. The Morgan fingerprint density at radius 2 is 2.06 bits per heavy atom. The molecule has 0 aliphatic heterocycles. The highest BCUT2D eigenvalue weighted by Gasteiger charge is 2.09. The Kier molecular flexibility index (Phi) is 5.92. The molecule has 0 aliphatic rings. The van der Waals surface area contributed by atoms with Gasteiger partial charge < -0.3 is 10.6 Å². The van der Waals surface area contributed by atoms with Gasteiger partial charge in [0.05, 0.1) is 12.2 Å². The van der Waals surface area contributed by atoms with Gasteiger partial charge in [0.1, 0.15) is 5.82 Å². The molecule has 0 heterocycles. The van der Waals surface area contributed by atoms with Crippen LogP contribution in [0.5, 0.6) is 0 Å². The number of halogens is 2. The van der Waals surface area contributed by atoms with E-state index >= 15 is 0 Å². The standard InChI is InChI=1S/C13H18ClFN2O/c1-3-10(4-2)17-13(18)8-16-12-6-5-9(14)7-11(12)15/h5-7,10,16H,3-4,8H2,1-2H3,(H,17,18). The quantitative estimate of drug-likeness (QED) is 0.835. The van der Waals surface area contributed by atoms with Crippen LogP contribution in [0.25, 0.3) is 0 Å². The van der Waals surface area contributed by atoms with Crippen LogP contribution in [0.15, 0.2) is 18.2 Å². The van der Waals surface area contributed by atoms with Crippen LogP contribution in [0.3, 0.4) is 0 Å². The zero-order valence-corrected chi connectivity index (χ0v) is 11.4. The van der Waals surface area contributed by atoms with Crippen molar-refractivity contribution in [2.75, 3.05) is 11.9 Å². The van der Waals surface area contributed by atoms with Crippen LogP contribution in [0.2, 0.25) is 5.02 Å². The van der Waals surface area contributed by atoms with E-state index in [0.717, 1.165) is 12.8 Å². The summed E-state index contributed by atoms with van der Waals surface area (Å²) in [4.78, 5) is 11.6. The van der Waals surface area contributed by atoms with Crippen LogP contribution in [0.1, 0.15) is 26.7 Å². The van der Waals surface area contributed by atoms with E-state index in [1.165, 1.54) is 12.1 Å². The summed E-state index contributed by atoms with van der Waals surface area (Å²) in [6.45, 7) is 4.08. The Bertz CT molecular complexity index is 408. The number of hydrogen-bond acceptors (Lipinski definition) is 2. The molecule has 0 saturated heterocycles. The first-order chi connectivity index (χ1) is 8.56. The molecule has 0 spiro atoms. The number of rotatable bonds is 6. The van der Waals surface area contributed by atoms with E-state index in [1.54, 1.807) is 6.07 Å². The number of carbonyl (C=O) groups excluding carboxylic acids is 1. The Balaban J connectivity index is 2.47. The lowest BCUT2D eigenvalue weighted by Gasteiger charge is -2.15. The van der Waals surface area contributed by atoms with E-state index in [9.17, 15) is 9.18 Å². The molecule has 0 saturated carbocycles. The zero-order valence-electron chi connectivity index (χ0n) is 10.6. The second kappa shape index (κ2) is 7.21. The Morgan fingerprint density at radius 1 is 1.39 bits per heavy atom. The molecule has 1 rings (SSSR count). The average molecular weight is 273 g/mol. The topological polar surface area (TPSA) is 41.1 Å². The highest BCUT2D eigenvalue weighted by atomic mass is 35.5. The van der Waals surface area contributed by atoms with E-state index in [-0.39, 0.29) is 24.2 Å². The van der Waals surface area contributed by atoms with Crippen LogP contribution in [-0.2, 0) is 4.79 Å². The minimum Gasteiger partial charge on any atom is -0.374 e. The highest BCUT2D eigenvalue weighted by molar-refractivity contribution is 6.30. The van der Waals surface area contributed by atoms with Gasteiger partial charge in [0.15, 0.2) is 0 Å². The summed E-state index contributed by atoms with van der Waals surface area (Å²) < 4.78 is 13.4. The van der Waals surface area contributed by atoms with Crippen molar-refractivity contribution in [3.63, 3.8) is 0 Å². The average Bonchev–Trinajstić information content (AvgIpc) is 2.35. The van der Waals surface area contributed by atoms with Crippen molar-refractivity contribution >= 4 is 23.2 Å². The third-order valence-corrected chi connectivity index (χ3v) is 2.96. The van der Waals surface area contributed by atoms with E-state index in [1.807, 2.05) is 13.8 Å². The largest absolute Gasteiger partial charge is 0.374 e. The van der Waals surface area contributed by atoms with Crippen molar-refractivity contribution in [1.29, 1.82) is 0 Å². The van der Waals surface area contributed by atoms with Crippen molar-refractivity contribution in [2.24, 2.45) is 0 Å². The fourth-order valence-electron chi connectivity index (χ4n) is 1.58. The molecule has 0 aromatic heterocycles. The zero-order chi connectivity index (χ0) is 13.5. The Labute approximate surface area is 112 Å². The minimum atomic E-state index is -0.460. The molecule has 0 bridgehead atoms. The third kappa shape index (κ3) is 4.53. The summed E-state index contributed by atoms with van der Waals surface area (Å²) in [5, 5.41) is 5.95. The number of nitrogens with one attached hydrogen (secondary N) is 2. The second-order valence-corrected chi connectivity index (χ2v) is 4.50. The molecule has 0 fully saturated rings. The van der Waals surface area contributed by atoms with Gasteiger partial charge in [0.2, 0.25) is 5.91 Å². The van der Waals surface area contributed by atoms with Gasteiger partial charge in [0, 0.05) is 11.1 Å². The van der Waals surface area contributed by atoms with Gasteiger partial charge in [-0.2, -0.15) is 0 Å². The Hall–Kier alpha value is -1.29. The van der Waals surface area contributed by atoms with Crippen LogP contribution in [0, 0.1) is 5.82 Å². The highest BCUT2D eigenvalue weighted by Crippen LogP contribution is 2.18. The fourth-order valence-corrected chi connectivity index (χ4v) is 1.74. The van der Waals surface area contributed by atoms with Gasteiger partial charge in [-0.15, -0.1) is 0 Å². The maximum absolute atomic E-state index is 13.4. The molecule has 1 amide bonds. The number of amides is 1. The van der Waals surface area contributed by atoms with Gasteiger partial charge in [-0.1, -0.05) is 25.4 Å². The summed E-state index contributed by atoms with van der Waals surface area (Å²) >= 11 is 5.64. The summed E-state index contributed by atoms with van der Waals surface area (Å²) in [6, 6.07) is 4.48. The van der Waals surface area contributed by atoms with Gasteiger partial charge in [0.25, 0.3) is 0 Å². The molecule has 1 aromatic carbocycles. The van der Waals surface area contributed by atoms with E-state index < -0.39 is 5.82 Å². The molecule has 0 atom stereocenters. The molecule has 1 aromatic rings. The summed E-state index contributed by atoms with van der Waals surface area (Å²) in [7, 11) is 0. The van der Waals surface area contributed by atoms with E-state index in [2.05, 4.69) is 10.6 Å². The SMILES string of the molecule is CCC(CC)NC(=O)CNc1ccc(Cl)cc1F. The van der Waals surface area contributed by atoms with Crippen molar-refractivity contribution in [3.05, 3.63) is 29.0 Å². The monoisotopic (exact) mass is 272 g/mol. The lowest BCUT2D eigenvalue weighted by atomic mass is 10.2. The van der Waals surface area contributed by atoms with Crippen molar-refractivity contribution in [2.45, 2.75) is 32.7 Å². The second-order valence-electron chi connectivity index (χ2n) is 4.06. The maximum Gasteiger partial charge on any atom is 0.239 e. The van der Waals surface area contributed by atoms with Gasteiger partial charge in [-0.05, 0) is 31.0 Å². The predicted molar refractivity (Wildman–Crippen MR) is 72.4 cm³/mol. The molecule has 18 heavy (non-hydrogen) atoms. The number of hydrogen-bond donors (Lipinski definition) is 2. The summed E-state index contributed by atoms with van der Waals surface area (Å²) in [5.41, 5.74) is 0.277. The number of benzene rings is 1. The summed E-state index contributed by atoms with van der Waals surface area (Å²) in [6.07, 6.45) is 1.77. The first-order valence-electron chi connectivity index (χ1n) is 6.05. The van der Waals surface area contributed by atoms with Crippen molar-refractivity contribution in [1.82, 2.24) is 5.32 Å². The molecule has 0 radical (unpaired) electrons. The smallest absolute Gasteiger partial charge is 0.239 e. The lowest BCUT2D eigenvalue weighted by molar-refractivity contribution is -0.120. The van der Waals surface area contributed by atoms with E-state index in [0.29, 0.717) is 5.02 Å². The van der Waals surface area contributed by atoms with Crippen LogP contribution < -0.4 is 10.6 Å². The molecule has 100 valence electrons. The van der Waals surface area contributed by atoms with Crippen molar-refractivity contribution in [3.8, 4) is 0 Å². The number of carbonyl (C=O) groups is 1. The fraction of sp³-hybridized carbons (Fsp3) is 0.462. The van der Waals surface area contributed by atoms with Gasteiger partial charge in [-0.25, -0.2) is 4.39 Å². The third-order valence-electron chi connectivity index (χ3n) is 2.72. The van der Waals surface area contributed by atoms with Crippen LogP contribution >= 0.6 is 11.6 Å². The van der Waals surface area contributed by atoms with E-state index in [4.69, 9.17) is 11.6 Å². The minimum absolute atomic E-state index is 0.0506. The molecule has 2 N–H and O–H groups in total. The summed E-state index contributed by atoms with van der Waals surface area (Å²) in [5.74, 6) is -0.601. The van der Waals surface area contributed by atoms with Crippen LogP contribution in [0.4, 0.5) is 10.1 Å².